The molecular weight excluding hydrogens is 667 g/mol. The third kappa shape index (κ3) is 7.17. The number of rotatable bonds is 9. The number of pyridine rings is 1. The van der Waals surface area contributed by atoms with E-state index in [1.54, 1.807) is 25.5 Å². The van der Waals surface area contributed by atoms with E-state index in [-0.39, 0.29) is 29.3 Å². The number of imide groups is 1. The van der Waals surface area contributed by atoms with Crippen molar-refractivity contribution in [2.45, 2.75) is 44.2 Å². The van der Waals surface area contributed by atoms with Gasteiger partial charge in [0.05, 0.1) is 19.9 Å². The minimum absolute atomic E-state index is 0.120. The molecule has 52 heavy (non-hydrogen) atoms. The average Bonchev–Trinajstić information content (AvgIpc) is 3.65. The highest BCUT2D eigenvalue weighted by molar-refractivity contribution is 6.01. The summed E-state index contributed by atoms with van der Waals surface area (Å²) in [5.41, 5.74) is 4.08. The summed E-state index contributed by atoms with van der Waals surface area (Å²) in [4.78, 5) is 57.9. The van der Waals surface area contributed by atoms with E-state index in [9.17, 15) is 19.2 Å². The van der Waals surface area contributed by atoms with Crippen LogP contribution in [0.2, 0.25) is 0 Å². The van der Waals surface area contributed by atoms with Crippen molar-refractivity contribution in [1.82, 2.24) is 34.8 Å². The van der Waals surface area contributed by atoms with Crippen molar-refractivity contribution in [2.24, 2.45) is 7.05 Å². The van der Waals surface area contributed by atoms with Gasteiger partial charge in [0.25, 0.3) is 5.56 Å². The fourth-order valence-corrected chi connectivity index (χ4v) is 7.79. The molecule has 3 amide bonds. The molecule has 0 aliphatic carbocycles. The zero-order valence-electron chi connectivity index (χ0n) is 29.9. The fourth-order valence-electron chi connectivity index (χ4n) is 7.79. The molecule has 0 saturated carbocycles. The summed E-state index contributed by atoms with van der Waals surface area (Å²) >= 11 is 0. The largest absolute Gasteiger partial charge is 0.496 e. The maximum absolute atomic E-state index is 15.7. The predicted molar refractivity (Wildman–Crippen MR) is 195 cm³/mol. The number of aromatic nitrogens is 3. The second-order valence-electron chi connectivity index (χ2n) is 14.1. The predicted octanol–water partition coefficient (Wildman–Crippen LogP) is 2.84. The molecule has 3 saturated heterocycles. The molecule has 14 heteroatoms. The van der Waals surface area contributed by atoms with Crippen molar-refractivity contribution in [1.29, 1.82) is 0 Å². The van der Waals surface area contributed by atoms with Gasteiger partial charge in [-0.25, -0.2) is 4.39 Å². The summed E-state index contributed by atoms with van der Waals surface area (Å²) in [6, 6.07) is 11.3. The minimum Gasteiger partial charge on any atom is -0.496 e. The van der Waals surface area contributed by atoms with Gasteiger partial charge in [-0.1, -0.05) is 12.1 Å². The number of methoxy groups -OCH3 is 1. The number of carbonyl (C=O) groups excluding carboxylic acids is 3. The number of aryl methyl sites for hydroxylation is 1. The Bertz CT molecular complexity index is 2030. The molecule has 7 rings (SSSR count). The van der Waals surface area contributed by atoms with Crippen LogP contribution >= 0.6 is 0 Å². The monoisotopic (exact) mass is 712 g/mol. The van der Waals surface area contributed by atoms with Crippen LogP contribution in [0.5, 0.6) is 5.75 Å². The number of piperazine rings is 1. The van der Waals surface area contributed by atoms with Gasteiger partial charge in [0, 0.05) is 81.6 Å². The lowest BCUT2D eigenvalue weighted by molar-refractivity contribution is -0.135. The number of hydrogen-bond acceptors (Lipinski definition) is 9. The summed E-state index contributed by atoms with van der Waals surface area (Å²) in [7, 11) is 5.06. The van der Waals surface area contributed by atoms with Crippen LogP contribution in [0.15, 0.2) is 53.6 Å². The molecule has 0 spiro atoms. The van der Waals surface area contributed by atoms with Gasteiger partial charge >= 0.3 is 0 Å². The number of nitrogens with zero attached hydrogens (tertiary/aromatic N) is 6. The second-order valence-corrected chi connectivity index (χ2v) is 14.1. The van der Waals surface area contributed by atoms with Crippen LogP contribution in [0.3, 0.4) is 0 Å². The molecule has 5 heterocycles. The van der Waals surface area contributed by atoms with Gasteiger partial charge in [0.15, 0.2) is 0 Å². The molecule has 2 aromatic carbocycles. The lowest BCUT2D eigenvalue weighted by Gasteiger charge is -2.37. The number of H-pyrrole nitrogens is 1. The summed E-state index contributed by atoms with van der Waals surface area (Å²) in [6.07, 6.45) is 6.04. The summed E-state index contributed by atoms with van der Waals surface area (Å²) in [6.45, 7) is 4.84. The lowest BCUT2D eigenvalue weighted by Crippen LogP contribution is -2.51. The Morgan fingerprint density at radius 3 is 2.42 bits per heavy atom. The first-order valence-corrected chi connectivity index (χ1v) is 17.9. The van der Waals surface area contributed by atoms with E-state index in [2.05, 4.69) is 37.4 Å². The highest BCUT2D eigenvalue weighted by atomic mass is 19.1. The Morgan fingerprint density at radius 1 is 1.00 bits per heavy atom. The third-order valence-electron chi connectivity index (χ3n) is 11.0. The van der Waals surface area contributed by atoms with Crippen molar-refractivity contribution < 1.29 is 23.5 Å². The van der Waals surface area contributed by atoms with E-state index in [0.29, 0.717) is 91.4 Å². The molecule has 0 radical (unpaired) electrons. The first-order chi connectivity index (χ1) is 25.1. The van der Waals surface area contributed by atoms with Crippen molar-refractivity contribution in [3.8, 4) is 16.9 Å². The zero-order chi connectivity index (χ0) is 36.5. The average molecular weight is 713 g/mol. The summed E-state index contributed by atoms with van der Waals surface area (Å²) in [5.74, 6) is 0.101. The molecule has 2 N–H and O–H groups in total. The molecule has 13 nitrogen and oxygen atoms in total. The van der Waals surface area contributed by atoms with Crippen LogP contribution in [0.4, 0.5) is 10.1 Å². The molecule has 274 valence electrons. The Morgan fingerprint density at radius 2 is 1.73 bits per heavy atom. The molecule has 1 unspecified atom stereocenters. The van der Waals surface area contributed by atoms with Crippen molar-refractivity contribution in [2.75, 3.05) is 64.9 Å². The quantitative estimate of drug-likeness (QED) is 0.251. The van der Waals surface area contributed by atoms with Crippen LogP contribution in [0.1, 0.15) is 42.7 Å². The number of aromatic amines is 1. The van der Waals surface area contributed by atoms with E-state index in [1.165, 1.54) is 23.3 Å². The van der Waals surface area contributed by atoms with Crippen molar-refractivity contribution in [3.05, 3.63) is 76.1 Å². The van der Waals surface area contributed by atoms with E-state index in [0.717, 1.165) is 31.6 Å². The molecule has 3 aliphatic heterocycles. The topological polar surface area (TPSA) is 136 Å². The van der Waals surface area contributed by atoms with Gasteiger partial charge in [0.2, 0.25) is 17.7 Å². The maximum atomic E-state index is 15.7. The van der Waals surface area contributed by atoms with E-state index in [4.69, 9.17) is 4.74 Å². The number of ether oxygens (including phenoxy) is 1. The minimum atomic E-state index is -0.391. The summed E-state index contributed by atoms with van der Waals surface area (Å²) in [5, 5.41) is 9.81. The van der Waals surface area contributed by atoms with Gasteiger partial charge in [-0.15, -0.1) is 0 Å². The van der Waals surface area contributed by atoms with Gasteiger partial charge < -0.3 is 19.1 Å². The molecular formula is C38H45FN8O5. The fraction of sp³-hybridized carbons (Fsp3) is 0.447. The van der Waals surface area contributed by atoms with Gasteiger partial charge in [-0.3, -0.25) is 39.4 Å². The number of nitrogens with one attached hydrogen (secondary N) is 2. The number of carbonyl (C=O) groups is 3. The number of anilines is 1. The molecule has 2 aromatic heterocycles. The smallest absolute Gasteiger partial charge is 0.276 e. The molecule has 1 atom stereocenters. The highest BCUT2D eigenvalue weighted by Crippen LogP contribution is 2.34. The van der Waals surface area contributed by atoms with Crippen LogP contribution in [0, 0.1) is 5.82 Å². The zero-order valence-corrected chi connectivity index (χ0v) is 29.9. The number of hydrogen-bond donors (Lipinski definition) is 2. The van der Waals surface area contributed by atoms with E-state index >= 15 is 4.39 Å². The number of likely N-dealkylation sites (N-methyl/N-ethyl adjacent to an activating group) is 1. The first-order valence-electron chi connectivity index (χ1n) is 17.9. The van der Waals surface area contributed by atoms with E-state index in [1.807, 2.05) is 29.0 Å². The number of piperidine rings is 2. The van der Waals surface area contributed by atoms with E-state index < -0.39 is 5.82 Å². The normalized spacial score (nSPS) is 19.2. The molecule has 4 aromatic rings. The van der Waals surface area contributed by atoms with Crippen LogP contribution < -0.4 is 20.5 Å². The standard InChI is InChI=1S/C38H45FN8O5/c1-43-21-29(28-20-40-42-36(28)38(43)51)26-18-31(39)30(33(19-26)52-3)22-46-14-16-47(17-15-46)35(49)23-45-12-10-25(11-13-45)24-4-6-27(7-5-24)44(2)32-8-9-34(48)41-37(32)50/h4-7,18-21,25,32H,8-17,22-23H2,1-3H3,(H,40,42)(H,41,48,50). The Hall–Kier alpha value is -5.08. The number of fused-ring (bicyclic) bond motifs is 1. The lowest BCUT2D eigenvalue weighted by atomic mass is 9.89. The van der Waals surface area contributed by atoms with Crippen LogP contribution in [0.25, 0.3) is 22.0 Å². The van der Waals surface area contributed by atoms with Gasteiger partial charge in [-0.2, -0.15) is 5.10 Å². The Kier molecular flexibility index (Phi) is 10.1. The van der Waals surface area contributed by atoms with Crippen molar-refractivity contribution in [3.63, 3.8) is 0 Å². The Balaban J connectivity index is 0.892. The summed E-state index contributed by atoms with van der Waals surface area (Å²) < 4.78 is 22.8. The molecule has 3 aliphatic rings. The van der Waals surface area contributed by atoms with Crippen LogP contribution in [-0.2, 0) is 28.0 Å². The molecule has 3 fully saturated rings. The second kappa shape index (κ2) is 14.9. The van der Waals surface area contributed by atoms with Gasteiger partial charge in [-0.05, 0) is 73.7 Å². The van der Waals surface area contributed by atoms with Gasteiger partial charge in [0.1, 0.15) is 23.1 Å². The highest BCUT2D eigenvalue weighted by Gasteiger charge is 2.31. The first kappa shape index (κ1) is 35.3. The molecule has 0 bridgehead atoms. The number of likely N-dealkylation sites (tertiary alicyclic amines) is 1. The number of amides is 3. The SMILES string of the molecule is COc1cc(-c2cn(C)c(=O)c3[nH]ncc23)cc(F)c1CN1CCN(C(=O)CN2CCC(c3ccc(N(C)C4CCC(=O)NC4=O)cc3)CC2)CC1. The third-order valence-corrected chi connectivity index (χ3v) is 11.0. The van der Waals surface area contributed by atoms with Crippen LogP contribution in [-0.4, -0.2) is 113 Å². The number of benzene rings is 2. The Labute approximate surface area is 301 Å². The van der Waals surface area contributed by atoms with Crippen molar-refractivity contribution >= 4 is 34.3 Å². The maximum Gasteiger partial charge on any atom is 0.276 e. The number of halogens is 1.